The smallest absolute Gasteiger partial charge is 0.289 e. The number of amides is 1. The molecule has 0 saturated heterocycles. The predicted octanol–water partition coefficient (Wildman–Crippen LogP) is 3.65. The van der Waals surface area contributed by atoms with Crippen LogP contribution in [0.1, 0.15) is 38.5 Å². The van der Waals surface area contributed by atoms with Crippen molar-refractivity contribution in [3.05, 3.63) is 52.6 Å². The van der Waals surface area contributed by atoms with Gasteiger partial charge in [-0.15, -0.1) is 0 Å². The van der Waals surface area contributed by atoms with Crippen molar-refractivity contribution in [2.75, 3.05) is 25.1 Å². The summed E-state index contributed by atoms with van der Waals surface area (Å²) in [5.41, 5.74) is -0.512. The summed E-state index contributed by atoms with van der Waals surface area (Å²) in [6.07, 6.45) is 5.86. The standard InChI is InChI=1S/C23H29N3O7S/c1-32-18-13-14-19(21(15-18)33-2)25(16-23(27)24-17-9-5-3-4-6-10-17)34(30,31)22-12-8-7-11-20(22)26(28)29/h7-8,11-15,17H,3-6,9-10,16H2,1-2H3,(H,24,27). The summed E-state index contributed by atoms with van der Waals surface area (Å²) < 4.78 is 38.8. The van der Waals surface area contributed by atoms with Crippen molar-refractivity contribution in [2.45, 2.75) is 49.5 Å². The summed E-state index contributed by atoms with van der Waals surface area (Å²) in [5.74, 6) is 0.0715. The van der Waals surface area contributed by atoms with Gasteiger partial charge in [-0.05, 0) is 31.0 Å². The first-order valence-electron chi connectivity index (χ1n) is 11.1. The Morgan fingerprint density at radius 2 is 1.76 bits per heavy atom. The second-order valence-electron chi connectivity index (χ2n) is 8.03. The van der Waals surface area contributed by atoms with Gasteiger partial charge in [-0.3, -0.25) is 19.2 Å². The number of sulfonamides is 1. The zero-order valence-electron chi connectivity index (χ0n) is 19.2. The molecule has 0 aromatic heterocycles. The number of nitro benzene ring substituents is 1. The van der Waals surface area contributed by atoms with Gasteiger partial charge in [0, 0.05) is 18.2 Å². The molecule has 1 amide bonds. The fourth-order valence-electron chi connectivity index (χ4n) is 4.06. The van der Waals surface area contributed by atoms with E-state index < -0.39 is 38.0 Å². The third kappa shape index (κ3) is 5.77. The number of carbonyl (C=O) groups is 1. The Morgan fingerprint density at radius 3 is 2.38 bits per heavy atom. The van der Waals surface area contributed by atoms with Crippen molar-refractivity contribution in [1.82, 2.24) is 5.32 Å². The summed E-state index contributed by atoms with van der Waals surface area (Å²) in [6.45, 7) is -0.562. The van der Waals surface area contributed by atoms with Crippen LogP contribution < -0.4 is 19.1 Å². The number of nitrogens with one attached hydrogen (secondary N) is 1. The molecule has 3 rings (SSSR count). The van der Waals surface area contributed by atoms with Crippen LogP contribution in [0.15, 0.2) is 47.4 Å². The Hall–Kier alpha value is -3.34. The number of benzene rings is 2. The number of hydrogen-bond donors (Lipinski definition) is 1. The Bertz CT molecular complexity index is 1130. The van der Waals surface area contributed by atoms with E-state index in [2.05, 4.69) is 5.32 Å². The molecule has 0 aliphatic heterocycles. The second-order valence-corrected chi connectivity index (χ2v) is 9.86. The number of carbonyl (C=O) groups excluding carboxylic acids is 1. The van der Waals surface area contributed by atoms with E-state index in [0.717, 1.165) is 55.0 Å². The van der Waals surface area contributed by atoms with Crippen LogP contribution in [0.4, 0.5) is 11.4 Å². The molecule has 0 atom stereocenters. The van der Waals surface area contributed by atoms with Crippen LogP contribution in [0.3, 0.4) is 0 Å². The molecule has 0 heterocycles. The molecule has 10 nitrogen and oxygen atoms in total. The topological polar surface area (TPSA) is 128 Å². The molecule has 0 radical (unpaired) electrons. The molecule has 1 N–H and O–H groups in total. The first kappa shape index (κ1) is 25.3. The van der Waals surface area contributed by atoms with Crippen molar-refractivity contribution >= 4 is 27.3 Å². The van der Waals surface area contributed by atoms with E-state index in [-0.39, 0.29) is 17.5 Å². The highest BCUT2D eigenvalue weighted by Gasteiger charge is 2.35. The van der Waals surface area contributed by atoms with Crippen LogP contribution in [0, 0.1) is 10.1 Å². The van der Waals surface area contributed by atoms with E-state index in [9.17, 15) is 23.3 Å². The SMILES string of the molecule is COc1ccc(N(CC(=O)NC2CCCCCC2)S(=O)(=O)c2ccccc2[N+](=O)[O-])c(OC)c1. The second kappa shape index (κ2) is 11.2. The molecular formula is C23H29N3O7S. The summed E-state index contributed by atoms with van der Waals surface area (Å²) in [4.78, 5) is 23.3. The van der Waals surface area contributed by atoms with Crippen molar-refractivity contribution in [1.29, 1.82) is 0 Å². The fraction of sp³-hybridized carbons (Fsp3) is 0.435. The molecule has 0 unspecified atom stereocenters. The van der Waals surface area contributed by atoms with Gasteiger partial charge in [-0.2, -0.15) is 0 Å². The summed E-state index contributed by atoms with van der Waals surface area (Å²) in [5, 5.41) is 14.5. The maximum Gasteiger partial charge on any atom is 0.289 e. The van der Waals surface area contributed by atoms with Gasteiger partial charge in [0.1, 0.15) is 18.0 Å². The molecule has 34 heavy (non-hydrogen) atoms. The molecule has 0 bridgehead atoms. The quantitative estimate of drug-likeness (QED) is 0.322. The van der Waals surface area contributed by atoms with E-state index in [1.807, 2.05) is 0 Å². The average molecular weight is 492 g/mol. The summed E-state index contributed by atoms with van der Waals surface area (Å²) >= 11 is 0. The fourth-order valence-corrected chi connectivity index (χ4v) is 5.65. The minimum Gasteiger partial charge on any atom is -0.497 e. The average Bonchev–Trinajstić information content (AvgIpc) is 3.10. The normalized spacial score (nSPS) is 14.6. The third-order valence-corrected chi connectivity index (χ3v) is 7.60. The molecule has 1 aliphatic carbocycles. The zero-order chi connectivity index (χ0) is 24.7. The van der Waals surface area contributed by atoms with Crippen molar-refractivity contribution in [2.24, 2.45) is 0 Å². The lowest BCUT2D eigenvalue weighted by atomic mass is 10.1. The molecule has 1 aliphatic rings. The highest BCUT2D eigenvalue weighted by molar-refractivity contribution is 7.93. The van der Waals surface area contributed by atoms with Gasteiger partial charge in [-0.25, -0.2) is 8.42 Å². The van der Waals surface area contributed by atoms with E-state index in [1.165, 1.54) is 44.6 Å². The lowest BCUT2D eigenvalue weighted by molar-refractivity contribution is -0.387. The molecular weight excluding hydrogens is 462 g/mol. The molecule has 2 aromatic rings. The first-order chi connectivity index (χ1) is 16.3. The van der Waals surface area contributed by atoms with Crippen LogP contribution >= 0.6 is 0 Å². The number of anilines is 1. The van der Waals surface area contributed by atoms with Crippen molar-refractivity contribution in [3.8, 4) is 11.5 Å². The minimum atomic E-state index is -4.52. The Labute approximate surface area is 199 Å². The largest absolute Gasteiger partial charge is 0.497 e. The monoisotopic (exact) mass is 491 g/mol. The predicted molar refractivity (Wildman–Crippen MR) is 127 cm³/mol. The maximum atomic E-state index is 13.7. The number of rotatable bonds is 9. The zero-order valence-corrected chi connectivity index (χ0v) is 20.0. The number of para-hydroxylation sites is 1. The summed E-state index contributed by atoms with van der Waals surface area (Å²) in [6, 6.07) is 9.47. The molecule has 2 aromatic carbocycles. The van der Waals surface area contributed by atoms with Crippen LogP contribution in [-0.2, 0) is 14.8 Å². The van der Waals surface area contributed by atoms with E-state index in [0.29, 0.717) is 5.75 Å². The van der Waals surface area contributed by atoms with Crippen molar-refractivity contribution < 1.29 is 27.6 Å². The van der Waals surface area contributed by atoms with Gasteiger partial charge in [0.25, 0.3) is 15.7 Å². The van der Waals surface area contributed by atoms with E-state index in [1.54, 1.807) is 0 Å². The van der Waals surface area contributed by atoms with Gasteiger partial charge in [-0.1, -0.05) is 37.8 Å². The van der Waals surface area contributed by atoms with Gasteiger partial charge in [0.15, 0.2) is 4.90 Å². The number of nitrogens with zero attached hydrogens (tertiary/aromatic N) is 2. The molecule has 184 valence electrons. The van der Waals surface area contributed by atoms with E-state index in [4.69, 9.17) is 9.47 Å². The lowest BCUT2D eigenvalue weighted by Crippen LogP contribution is -2.44. The van der Waals surface area contributed by atoms with Gasteiger partial charge >= 0.3 is 0 Å². The maximum absolute atomic E-state index is 13.7. The van der Waals surface area contributed by atoms with Gasteiger partial charge in [0.05, 0.1) is 24.8 Å². The van der Waals surface area contributed by atoms with Crippen LogP contribution in [0.2, 0.25) is 0 Å². The van der Waals surface area contributed by atoms with Crippen molar-refractivity contribution in [3.63, 3.8) is 0 Å². The molecule has 0 spiro atoms. The first-order valence-corrected chi connectivity index (χ1v) is 12.5. The van der Waals surface area contributed by atoms with Crippen LogP contribution in [-0.4, -0.2) is 46.1 Å². The summed E-state index contributed by atoms with van der Waals surface area (Å²) in [7, 11) is -1.70. The Kier molecular flexibility index (Phi) is 8.32. The van der Waals surface area contributed by atoms with Crippen LogP contribution in [0.25, 0.3) is 0 Å². The molecule has 1 fully saturated rings. The number of nitro groups is 1. The third-order valence-electron chi connectivity index (χ3n) is 5.79. The minimum absolute atomic E-state index is 0.0385. The van der Waals surface area contributed by atoms with Gasteiger partial charge in [0.2, 0.25) is 5.91 Å². The van der Waals surface area contributed by atoms with Gasteiger partial charge < -0.3 is 14.8 Å². The molecule has 11 heteroatoms. The highest BCUT2D eigenvalue weighted by Crippen LogP contribution is 2.37. The Morgan fingerprint density at radius 1 is 1.09 bits per heavy atom. The number of methoxy groups -OCH3 is 2. The van der Waals surface area contributed by atoms with E-state index >= 15 is 0 Å². The lowest BCUT2D eigenvalue weighted by Gasteiger charge is -2.27. The number of ether oxygens (including phenoxy) is 2. The Balaban J connectivity index is 2.04. The molecule has 1 saturated carbocycles. The van der Waals surface area contributed by atoms with Crippen LogP contribution in [0.5, 0.6) is 11.5 Å². The number of hydrogen-bond acceptors (Lipinski definition) is 7. The highest BCUT2D eigenvalue weighted by atomic mass is 32.2.